The standard InChI is InChI=1S/C19H15BClN5O4S/c1-9-5-11(12-6-10(21)3-4-14(12)30-2)13(7-22-9)17(27)26-19-25-16-18(31-19)24-15(8-23-16)20(28)29/h3-8,28-29H,1-2H3,(H,23,25,26,27). The number of pyridine rings is 1. The number of methoxy groups -OCH3 is 1. The van der Waals surface area contributed by atoms with Crippen molar-refractivity contribution in [1.82, 2.24) is 19.9 Å². The number of halogens is 1. The van der Waals surface area contributed by atoms with Gasteiger partial charge in [-0.25, -0.2) is 9.97 Å². The van der Waals surface area contributed by atoms with Gasteiger partial charge < -0.3 is 14.8 Å². The van der Waals surface area contributed by atoms with Gasteiger partial charge in [-0.05, 0) is 31.2 Å². The fourth-order valence-electron chi connectivity index (χ4n) is 2.93. The van der Waals surface area contributed by atoms with Crippen LogP contribution < -0.4 is 15.6 Å². The summed E-state index contributed by atoms with van der Waals surface area (Å²) in [4.78, 5) is 30.0. The van der Waals surface area contributed by atoms with Gasteiger partial charge in [0.15, 0.2) is 15.6 Å². The zero-order valence-corrected chi connectivity index (χ0v) is 17.9. The highest BCUT2D eigenvalue weighted by Crippen LogP contribution is 2.35. The number of aryl methyl sites for hydroxylation is 1. The van der Waals surface area contributed by atoms with Crippen molar-refractivity contribution in [2.24, 2.45) is 0 Å². The Kier molecular flexibility index (Phi) is 5.83. The molecule has 31 heavy (non-hydrogen) atoms. The van der Waals surface area contributed by atoms with Crippen molar-refractivity contribution in [2.45, 2.75) is 6.92 Å². The molecule has 0 unspecified atom stereocenters. The third kappa shape index (κ3) is 4.35. The van der Waals surface area contributed by atoms with E-state index in [2.05, 4.69) is 25.3 Å². The van der Waals surface area contributed by atoms with Crippen LogP contribution in [0.4, 0.5) is 5.13 Å². The average molecular weight is 456 g/mol. The second-order valence-electron chi connectivity index (χ2n) is 6.49. The van der Waals surface area contributed by atoms with Crippen molar-refractivity contribution >= 4 is 57.2 Å². The highest BCUT2D eigenvalue weighted by atomic mass is 35.5. The first-order valence-electron chi connectivity index (χ1n) is 8.97. The summed E-state index contributed by atoms with van der Waals surface area (Å²) in [5, 5.41) is 22.0. The smallest absolute Gasteiger partial charge is 0.496 e. The lowest BCUT2D eigenvalue weighted by Gasteiger charge is -2.13. The quantitative estimate of drug-likeness (QED) is 0.390. The lowest BCUT2D eigenvalue weighted by atomic mass is 9.87. The van der Waals surface area contributed by atoms with Crippen LogP contribution in [0.25, 0.3) is 21.6 Å². The van der Waals surface area contributed by atoms with Crippen LogP contribution in [0.2, 0.25) is 5.02 Å². The second-order valence-corrected chi connectivity index (χ2v) is 7.90. The molecular formula is C19H15BClN5O4S. The summed E-state index contributed by atoms with van der Waals surface area (Å²) in [5.74, 6) is 0.124. The molecule has 0 atom stereocenters. The number of ether oxygens (including phenoxy) is 1. The molecule has 0 fully saturated rings. The molecule has 0 bridgehead atoms. The van der Waals surface area contributed by atoms with Gasteiger partial charge in [0.05, 0.1) is 18.3 Å². The van der Waals surface area contributed by atoms with E-state index >= 15 is 0 Å². The first-order valence-corrected chi connectivity index (χ1v) is 10.2. The van der Waals surface area contributed by atoms with Gasteiger partial charge in [0.1, 0.15) is 5.75 Å². The predicted molar refractivity (Wildman–Crippen MR) is 119 cm³/mol. The molecule has 1 aromatic carbocycles. The van der Waals surface area contributed by atoms with E-state index in [1.165, 1.54) is 12.4 Å². The van der Waals surface area contributed by atoms with Crippen LogP contribution in [0.3, 0.4) is 0 Å². The maximum atomic E-state index is 13.1. The van der Waals surface area contributed by atoms with Crippen LogP contribution >= 0.6 is 22.9 Å². The topological polar surface area (TPSA) is 130 Å². The SMILES string of the molecule is COc1ccc(Cl)cc1-c1cc(C)ncc1C(=O)Nc1nc2ncc(B(O)O)nc2s1. The van der Waals surface area contributed by atoms with E-state index in [0.29, 0.717) is 32.3 Å². The minimum Gasteiger partial charge on any atom is -0.496 e. The van der Waals surface area contributed by atoms with Crippen molar-refractivity contribution in [2.75, 3.05) is 12.4 Å². The molecule has 0 radical (unpaired) electrons. The van der Waals surface area contributed by atoms with Crippen molar-refractivity contribution < 1.29 is 19.6 Å². The van der Waals surface area contributed by atoms with Crippen LogP contribution in [0.5, 0.6) is 5.75 Å². The molecule has 3 heterocycles. The fourth-order valence-corrected chi connectivity index (χ4v) is 3.90. The van der Waals surface area contributed by atoms with Gasteiger partial charge in [0.2, 0.25) is 0 Å². The van der Waals surface area contributed by atoms with Crippen molar-refractivity contribution in [3.63, 3.8) is 0 Å². The zero-order valence-electron chi connectivity index (χ0n) is 16.3. The molecular weight excluding hydrogens is 441 g/mol. The number of hydrogen-bond donors (Lipinski definition) is 3. The molecule has 1 amide bonds. The molecule has 4 aromatic rings. The number of carbonyl (C=O) groups is 1. The molecule has 4 rings (SSSR count). The van der Waals surface area contributed by atoms with Crippen molar-refractivity contribution in [1.29, 1.82) is 0 Å². The summed E-state index contributed by atoms with van der Waals surface area (Å²) in [6.45, 7) is 1.82. The van der Waals surface area contributed by atoms with Gasteiger partial charge in [-0.3, -0.25) is 15.1 Å². The first kappa shape index (κ1) is 21.1. The van der Waals surface area contributed by atoms with Gasteiger partial charge in [-0.1, -0.05) is 22.9 Å². The van der Waals surface area contributed by atoms with E-state index in [1.807, 2.05) is 6.92 Å². The Balaban J connectivity index is 1.72. The number of anilines is 1. The van der Waals surface area contributed by atoms with Crippen LogP contribution in [-0.4, -0.2) is 50.1 Å². The molecule has 156 valence electrons. The molecule has 3 aromatic heterocycles. The van der Waals surface area contributed by atoms with Gasteiger partial charge in [0.25, 0.3) is 5.91 Å². The van der Waals surface area contributed by atoms with Crippen LogP contribution in [0.15, 0.2) is 36.7 Å². The van der Waals surface area contributed by atoms with Gasteiger partial charge in [-0.15, -0.1) is 0 Å². The number of benzene rings is 1. The highest BCUT2D eigenvalue weighted by Gasteiger charge is 2.20. The number of nitrogens with one attached hydrogen (secondary N) is 1. The summed E-state index contributed by atoms with van der Waals surface area (Å²) < 4.78 is 5.44. The van der Waals surface area contributed by atoms with E-state index < -0.39 is 13.0 Å². The van der Waals surface area contributed by atoms with E-state index in [9.17, 15) is 14.8 Å². The molecule has 0 saturated carbocycles. The number of amides is 1. The number of hydrogen-bond acceptors (Lipinski definition) is 9. The molecule has 3 N–H and O–H groups in total. The zero-order chi connectivity index (χ0) is 22.1. The normalized spacial score (nSPS) is 10.9. The van der Waals surface area contributed by atoms with E-state index in [1.54, 1.807) is 31.4 Å². The second kappa shape index (κ2) is 8.56. The molecule has 0 aliphatic heterocycles. The number of fused-ring (bicyclic) bond motifs is 1. The largest absolute Gasteiger partial charge is 0.509 e. The van der Waals surface area contributed by atoms with Crippen LogP contribution in [-0.2, 0) is 0 Å². The van der Waals surface area contributed by atoms with E-state index in [-0.39, 0.29) is 16.4 Å². The van der Waals surface area contributed by atoms with Gasteiger partial charge in [-0.2, -0.15) is 4.98 Å². The highest BCUT2D eigenvalue weighted by molar-refractivity contribution is 7.21. The molecule has 0 saturated heterocycles. The number of aromatic nitrogens is 4. The summed E-state index contributed by atoms with van der Waals surface area (Å²) in [6, 6.07) is 6.93. The summed E-state index contributed by atoms with van der Waals surface area (Å²) in [7, 11) is -0.204. The summed E-state index contributed by atoms with van der Waals surface area (Å²) >= 11 is 7.24. The summed E-state index contributed by atoms with van der Waals surface area (Å²) in [5.41, 5.74) is 2.55. The van der Waals surface area contributed by atoms with E-state index in [0.717, 1.165) is 17.0 Å². The maximum Gasteiger partial charge on any atom is 0.509 e. The Morgan fingerprint density at radius 1 is 1.16 bits per heavy atom. The molecule has 0 spiro atoms. The summed E-state index contributed by atoms with van der Waals surface area (Å²) in [6.07, 6.45) is 2.69. The molecule has 0 aliphatic carbocycles. The Morgan fingerprint density at radius 3 is 2.71 bits per heavy atom. The third-order valence-electron chi connectivity index (χ3n) is 4.36. The molecule has 0 aliphatic rings. The number of carbonyl (C=O) groups excluding carboxylic acids is 1. The fraction of sp³-hybridized carbons (Fsp3) is 0.105. The number of thiazole rings is 1. The third-order valence-corrected chi connectivity index (χ3v) is 5.45. The Hall–Kier alpha value is -3.12. The van der Waals surface area contributed by atoms with Crippen LogP contribution in [0.1, 0.15) is 16.1 Å². The molecule has 9 nitrogen and oxygen atoms in total. The van der Waals surface area contributed by atoms with Crippen molar-refractivity contribution in [3.05, 3.63) is 52.9 Å². The Morgan fingerprint density at radius 2 is 1.97 bits per heavy atom. The Bertz CT molecular complexity index is 1300. The van der Waals surface area contributed by atoms with Crippen LogP contribution in [0, 0.1) is 6.92 Å². The maximum absolute atomic E-state index is 13.1. The predicted octanol–water partition coefficient (Wildman–Crippen LogP) is 2.05. The minimum absolute atomic E-state index is 0.00732. The van der Waals surface area contributed by atoms with Gasteiger partial charge in [0, 0.05) is 34.2 Å². The Labute approximate surface area is 185 Å². The minimum atomic E-state index is -1.74. The monoisotopic (exact) mass is 455 g/mol. The average Bonchev–Trinajstić information content (AvgIpc) is 3.14. The number of rotatable bonds is 5. The first-order chi connectivity index (χ1) is 14.9. The lowest BCUT2D eigenvalue weighted by Crippen LogP contribution is -2.32. The van der Waals surface area contributed by atoms with Gasteiger partial charge >= 0.3 is 7.12 Å². The van der Waals surface area contributed by atoms with E-state index in [4.69, 9.17) is 16.3 Å². The van der Waals surface area contributed by atoms with Crippen molar-refractivity contribution in [3.8, 4) is 16.9 Å². The molecule has 12 heteroatoms. The lowest BCUT2D eigenvalue weighted by molar-refractivity contribution is 0.102. The number of nitrogens with zero attached hydrogens (tertiary/aromatic N) is 4.